The number of rotatable bonds is 2. The molecule has 0 fully saturated rings. The molecule has 0 bridgehead atoms. The van der Waals surface area contributed by atoms with E-state index in [-0.39, 0.29) is 24.2 Å². The molecule has 80 valence electrons. The number of hydrogen-bond acceptors (Lipinski definition) is 3. The first-order chi connectivity index (χ1) is 5.89. The molecule has 0 aliphatic carbocycles. The summed E-state index contributed by atoms with van der Waals surface area (Å²) in [5.74, 6) is 0.373. The van der Waals surface area contributed by atoms with Crippen LogP contribution in [0.3, 0.4) is 0 Å². The van der Waals surface area contributed by atoms with Crippen molar-refractivity contribution >= 4 is 18.3 Å². The average molecular weight is 219 g/mol. The molecule has 0 aliphatic rings. The number of aromatic nitrogens is 1. The third-order valence-corrected chi connectivity index (χ3v) is 1.65. The van der Waals surface area contributed by atoms with E-state index in [1.165, 1.54) is 0 Å². The summed E-state index contributed by atoms with van der Waals surface area (Å²) in [5.41, 5.74) is 5.54. The van der Waals surface area contributed by atoms with Crippen molar-refractivity contribution in [3.8, 4) is 0 Å². The molecule has 1 rings (SSSR count). The van der Waals surface area contributed by atoms with E-state index in [0.29, 0.717) is 5.69 Å². The van der Waals surface area contributed by atoms with Crippen LogP contribution in [0, 0.1) is 0 Å². The van der Waals surface area contributed by atoms with Crippen LogP contribution in [-0.2, 0) is 16.6 Å². The van der Waals surface area contributed by atoms with Gasteiger partial charge in [-0.15, -0.1) is 12.4 Å². The van der Waals surface area contributed by atoms with Crippen molar-refractivity contribution in [2.24, 2.45) is 5.73 Å². The van der Waals surface area contributed by atoms with Crippen molar-refractivity contribution in [1.82, 2.24) is 5.16 Å². The van der Waals surface area contributed by atoms with Crippen LogP contribution in [0.15, 0.2) is 10.6 Å². The van der Waals surface area contributed by atoms with E-state index in [4.69, 9.17) is 10.3 Å². The number of hydrogen-bond donors (Lipinski definition) is 1. The Morgan fingerprint density at radius 2 is 2.14 bits per heavy atom. The average Bonchev–Trinajstić information content (AvgIpc) is 2.32. The van der Waals surface area contributed by atoms with Crippen LogP contribution in [0.5, 0.6) is 0 Å². The summed E-state index contributed by atoms with van der Waals surface area (Å²) in [6, 6.07) is 1.77. The molecule has 0 aliphatic heterocycles. The Morgan fingerprint density at radius 1 is 1.57 bits per heavy atom. The molecule has 0 atom stereocenters. The highest BCUT2D eigenvalue weighted by molar-refractivity contribution is 5.85. The molecule has 2 N–H and O–H groups in total. The van der Waals surface area contributed by atoms with Crippen LogP contribution < -0.4 is 5.73 Å². The van der Waals surface area contributed by atoms with Gasteiger partial charge in [0.15, 0.2) is 0 Å². The Bertz CT molecular complexity index is 315. The Labute approximate surface area is 89.2 Å². The standard InChI is InChI=1S/C9H14N2O2.ClH/c1-9(2,3)7-4-6(11-13-7)5-8(10)12;/h4H,5H2,1-3H3,(H2,10,12);1H. The van der Waals surface area contributed by atoms with E-state index >= 15 is 0 Å². The molecule has 0 unspecified atom stereocenters. The number of carbonyl (C=O) groups excluding carboxylic acids is 1. The minimum atomic E-state index is -0.395. The van der Waals surface area contributed by atoms with E-state index in [2.05, 4.69) is 5.16 Å². The van der Waals surface area contributed by atoms with Crippen LogP contribution in [-0.4, -0.2) is 11.1 Å². The SMILES string of the molecule is CC(C)(C)c1cc(CC(N)=O)no1.Cl. The Hall–Kier alpha value is -1.03. The molecule has 1 heterocycles. The maximum absolute atomic E-state index is 10.6. The fourth-order valence-electron chi connectivity index (χ4n) is 0.927. The summed E-state index contributed by atoms with van der Waals surface area (Å²) >= 11 is 0. The largest absolute Gasteiger partial charge is 0.369 e. The maximum atomic E-state index is 10.6. The van der Waals surface area contributed by atoms with Crippen molar-refractivity contribution in [2.75, 3.05) is 0 Å². The summed E-state index contributed by atoms with van der Waals surface area (Å²) in [7, 11) is 0. The van der Waals surface area contributed by atoms with Gasteiger partial charge in [0.05, 0.1) is 12.1 Å². The van der Waals surface area contributed by atoms with E-state index in [1.807, 2.05) is 20.8 Å². The quantitative estimate of drug-likeness (QED) is 0.816. The molecule has 4 nitrogen and oxygen atoms in total. The monoisotopic (exact) mass is 218 g/mol. The topological polar surface area (TPSA) is 69.1 Å². The molecule has 0 saturated carbocycles. The lowest BCUT2D eigenvalue weighted by Crippen LogP contribution is -2.14. The first-order valence-corrected chi connectivity index (χ1v) is 4.14. The van der Waals surface area contributed by atoms with Gasteiger partial charge in [0.1, 0.15) is 5.76 Å². The van der Waals surface area contributed by atoms with E-state index in [0.717, 1.165) is 5.76 Å². The summed E-state index contributed by atoms with van der Waals surface area (Å²) in [4.78, 5) is 10.6. The smallest absolute Gasteiger partial charge is 0.223 e. The molecule has 1 amide bonds. The molecular formula is C9H15ClN2O2. The number of amides is 1. The normalized spacial score (nSPS) is 10.8. The predicted octanol–water partition coefficient (Wildman–Crippen LogP) is 1.42. The summed E-state index contributed by atoms with van der Waals surface area (Å²) in [6.07, 6.45) is 0.138. The molecule has 0 spiro atoms. The van der Waals surface area contributed by atoms with Crippen LogP contribution in [0.4, 0.5) is 0 Å². The molecular weight excluding hydrogens is 204 g/mol. The van der Waals surface area contributed by atoms with Gasteiger partial charge in [0.25, 0.3) is 0 Å². The molecule has 1 aromatic rings. The molecule has 14 heavy (non-hydrogen) atoms. The van der Waals surface area contributed by atoms with Gasteiger partial charge in [-0.1, -0.05) is 25.9 Å². The number of nitrogens with zero attached hydrogens (tertiary/aromatic N) is 1. The van der Waals surface area contributed by atoms with Gasteiger partial charge < -0.3 is 10.3 Å². The van der Waals surface area contributed by atoms with Gasteiger partial charge in [-0.05, 0) is 0 Å². The van der Waals surface area contributed by atoms with Crippen LogP contribution >= 0.6 is 12.4 Å². The van der Waals surface area contributed by atoms with Gasteiger partial charge in [0, 0.05) is 11.5 Å². The lowest BCUT2D eigenvalue weighted by atomic mass is 9.93. The van der Waals surface area contributed by atoms with Crippen molar-refractivity contribution in [2.45, 2.75) is 32.6 Å². The van der Waals surface area contributed by atoms with Gasteiger partial charge in [0.2, 0.25) is 5.91 Å². The minimum Gasteiger partial charge on any atom is -0.369 e. The predicted molar refractivity (Wildman–Crippen MR) is 55.3 cm³/mol. The molecule has 5 heteroatoms. The highest BCUT2D eigenvalue weighted by atomic mass is 35.5. The second-order valence-electron chi connectivity index (χ2n) is 4.08. The highest BCUT2D eigenvalue weighted by Crippen LogP contribution is 2.22. The van der Waals surface area contributed by atoms with Crippen molar-refractivity contribution in [3.05, 3.63) is 17.5 Å². The van der Waals surface area contributed by atoms with Gasteiger partial charge in [-0.2, -0.15) is 0 Å². The summed E-state index contributed by atoms with van der Waals surface area (Å²) < 4.78 is 5.07. The fourth-order valence-corrected chi connectivity index (χ4v) is 0.927. The van der Waals surface area contributed by atoms with Crippen molar-refractivity contribution in [3.63, 3.8) is 0 Å². The van der Waals surface area contributed by atoms with Crippen LogP contribution in [0.25, 0.3) is 0 Å². The Morgan fingerprint density at radius 3 is 2.50 bits per heavy atom. The zero-order valence-electron chi connectivity index (χ0n) is 8.53. The number of carbonyl (C=O) groups is 1. The van der Waals surface area contributed by atoms with Gasteiger partial charge in [-0.25, -0.2) is 0 Å². The third-order valence-electron chi connectivity index (χ3n) is 1.65. The molecule has 1 aromatic heterocycles. The van der Waals surface area contributed by atoms with Crippen molar-refractivity contribution < 1.29 is 9.32 Å². The first-order valence-electron chi connectivity index (χ1n) is 4.14. The fraction of sp³-hybridized carbons (Fsp3) is 0.556. The minimum absolute atomic E-state index is 0. The van der Waals surface area contributed by atoms with E-state index < -0.39 is 5.91 Å². The van der Waals surface area contributed by atoms with Gasteiger partial charge >= 0.3 is 0 Å². The third kappa shape index (κ3) is 3.38. The Kier molecular flexibility index (Phi) is 4.13. The lowest BCUT2D eigenvalue weighted by molar-refractivity contribution is -0.117. The van der Waals surface area contributed by atoms with Crippen LogP contribution in [0.2, 0.25) is 0 Å². The number of nitrogens with two attached hydrogens (primary N) is 1. The zero-order valence-corrected chi connectivity index (χ0v) is 9.35. The van der Waals surface area contributed by atoms with Crippen molar-refractivity contribution in [1.29, 1.82) is 0 Å². The summed E-state index contributed by atoms with van der Waals surface area (Å²) in [5, 5.41) is 3.75. The zero-order chi connectivity index (χ0) is 10.1. The molecule has 0 radical (unpaired) electrons. The lowest BCUT2D eigenvalue weighted by Gasteiger charge is -2.12. The maximum Gasteiger partial charge on any atom is 0.223 e. The Balaban J connectivity index is 0.00000169. The van der Waals surface area contributed by atoms with E-state index in [9.17, 15) is 4.79 Å². The van der Waals surface area contributed by atoms with E-state index in [1.54, 1.807) is 6.07 Å². The molecule has 0 aromatic carbocycles. The second kappa shape index (κ2) is 4.46. The summed E-state index contributed by atoms with van der Waals surface area (Å²) in [6.45, 7) is 6.05. The van der Waals surface area contributed by atoms with Crippen LogP contribution in [0.1, 0.15) is 32.2 Å². The number of halogens is 1. The van der Waals surface area contributed by atoms with Gasteiger partial charge in [-0.3, -0.25) is 4.79 Å². The number of primary amides is 1. The molecule has 0 saturated heterocycles. The first kappa shape index (κ1) is 13.0. The second-order valence-corrected chi connectivity index (χ2v) is 4.08. The highest BCUT2D eigenvalue weighted by Gasteiger charge is 2.19.